The number of nitrogens with zero attached hydrogens (tertiary/aromatic N) is 1. The van der Waals surface area contributed by atoms with E-state index in [1.165, 1.54) is 0 Å². The Morgan fingerprint density at radius 2 is 2.33 bits per heavy atom. The maximum Gasteiger partial charge on any atom is 0.223 e. The van der Waals surface area contributed by atoms with Gasteiger partial charge in [-0.2, -0.15) is 5.26 Å². The number of nitriles is 1. The van der Waals surface area contributed by atoms with Crippen molar-refractivity contribution in [2.24, 2.45) is 0 Å². The second-order valence-corrected chi connectivity index (χ2v) is 4.63. The van der Waals surface area contributed by atoms with Crippen LogP contribution in [0.2, 0.25) is 5.02 Å². The molecule has 1 aliphatic rings. The molecule has 1 N–H and O–H groups in total. The average molecular weight is 265 g/mol. The molecule has 18 heavy (non-hydrogen) atoms. The fraction of sp³-hybridized carbons (Fsp3) is 0.385. The van der Waals surface area contributed by atoms with Crippen LogP contribution in [0.3, 0.4) is 0 Å². The summed E-state index contributed by atoms with van der Waals surface area (Å²) in [6, 6.07) is 7.19. The summed E-state index contributed by atoms with van der Waals surface area (Å²) in [5.74, 6) is 0.405. The molecule has 0 bridgehead atoms. The molecule has 94 valence electrons. The van der Waals surface area contributed by atoms with E-state index < -0.39 is 0 Å². The van der Waals surface area contributed by atoms with Gasteiger partial charge in [-0.1, -0.05) is 11.6 Å². The van der Waals surface area contributed by atoms with Gasteiger partial charge in [0.1, 0.15) is 11.8 Å². The van der Waals surface area contributed by atoms with Crippen LogP contribution in [0.4, 0.5) is 0 Å². The highest BCUT2D eigenvalue weighted by molar-refractivity contribution is 6.30. The number of halogens is 1. The molecule has 0 atom stereocenters. The quantitative estimate of drug-likeness (QED) is 0.887. The minimum absolute atomic E-state index is 0.0157. The second kappa shape index (κ2) is 5.74. The molecule has 1 saturated carbocycles. The van der Waals surface area contributed by atoms with Gasteiger partial charge in [0.2, 0.25) is 5.91 Å². The lowest BCUT2D eigenvalue weighted by Gasteiger charge is -2.08. The van der Waals surface area contributed by atoms with Crippen molar-refractivity contribution in [1.82, 2.24) is 5.32 Å². The lowest BCUT2D eigenvalue weighted by atomic mass is 10.2. The van der Waals surface area contributed by atoms with Crippen molar-refractivity contribution in [3.05, 3.63) is 28.8 Å². The maximum absolute atomic E-state index is 11.4. The summed E-state index contributed by atoms with van der Waals surface area (Å²) >= 11 is 5.82. The van der Waals surface area contributed by atoms with Crippen molar-refractivity contribution in [2.45, 2.75) is 25.3 Å². The van der Waals surface area contributed by atoms with Crippen molar-refractivity contribution in [1.29, 1.82) is 5.26 Å². The summed E-state index contributed by atoms with van der Waals surface area (Å²) in [6.45, 7) is 0.244. The number of amides is 1. The molecule has 5 heteroatoms. The van der Waals surface area contributed by atoms with E-state index >= 15 is 0 Å². The van der Waals surface area contributed by atoms with E-state index in [1.54, 1.807) is 18.2 Å². The van der Waals surface area contributed by atoms with Gasteiger partial charge in [-0.25, -0.2) is 0 Å². The Balaban J connectivity index is 1.83. The van der Waals surface area contributed by atoms with Crippen LogP contribution in [-0.4, -0.2) is 18.6 Å². The molecule has 1 fully saturated rings. The number of hydrogen-bond donors (Lipinski definition) is 1. The molecule has 0 saturated heterocycles. The van der Waals surface area contributed by atoms with Gasteiger partial charge in [-0.3, -0.25) is 4.79 Å². The molecule has 4 nitrogen and oxygen atoms in total. The fourth-order valence-corrected chi connectivity index (χ4v) is 1.65. The van der Waals surface area contributed by atoms with Gasteiger partial charge in [0, 0.05) is 17.1 Å². The second-order valence-electron chi connectivity index (χ2n) is 4.19. The smallest absolute Gasteiger partial charge is 0.223 e. The number of benzene rings is 1. The van der Waals surface area contributed by atoms with Gasteiger partial charge in [0.05, 0.1) is 18.6 Å². The van der Waals surface area contributed by atoms with Gasteiger partial charge in [0.15, 0.2) is 0 Å². The number of rotatable bonds is 5. The minimum Gasteiger partial charge on any atom is -0.492 e. The molecule has 1 aromatic rings. The number of carbonyl (C=O) groups is 1. The molecule has 2 rings (SSSR count). The van der Waals surface area contributed by atoms with Crippen LogP contribution >= 0.6 is 11.6 Å². The lowest BCUT2D eigenvalue weighted by molar-refractivity contribution is -0.121. The summed E-state index contributed by atoms with van der Waals surface area (Å²) in [6.07, 6.45) is 2.42. The number of ether oxygens (including phenoxy) is 1. The number of carbonyl (C=O) groups excluding carboxylic acids is 1. The van der Waals surface area contributed by atoms with Crippen LogP contribution < -0.4 is 10.1 Å². The van der Waals surface area contributed by atoms with Crippen LogP contribution in [0.5, 0.6) is 5.75 Å². The Morgan fingerprint density at radius 3 is 3.00 bits per heavy atom. The molecule has 0 aliphatic heterocycles. The molecule has 0 radical (unpaired) electrons. The molecule has 1 aromatic carbocycles. The zero-order chi connectivity index (χ0) is 13.0. The van der Waals surface area contributed by atoms with E-state index in [4.69, 9.17) is 21.6 Å². The molecule has 0 heterocycles. The first-order chi connectivity index (χ1) is 8.69. The molecule has 1 aliphatic carbocycles. The van der Waals surface area contributed by atoms with Crippen LogP contribution in [0.15, 0.2) is 18.2 Å². The third-order valence-electron chi connectivity index (χ3n) is 2.59. The van der Waals surface area contributed by atoms with Gasteiger partial charge >= 0.3 is 0 Å². The lowest BCUT2D eigenvalue weighted by Crippen LogP contribution is -2.26. The average Bonchev–Trinajstić information content (AvgIpc) is 3.13. The van der Waals surface area contributed by atoms with E-state index in [1.807, 2.05) is 6.07 Å². The fourth-order valence-electron chi connectivity index (χ4n) is 1.49. The Labute approximate surface area is 111 Å². The van der Waals surface area contributed by atoms with Crippen LogP contribution in [0.25, 0.3) is 0 Å². The predicted molar refractivity (Wildman–Crippen MR) is 67.4 cm³/mol. The third kappa shape index (κ3) is 3.64. The van der Waals surface area contributed by atoms with Crippen molar-refractivity contribution < 1.29 is 9.53 Å². The number of hydrogen-bond acceptors (Lipinski definition) is 3. The highest BCUT2D eigenvalue weighted by atomic mass is 35.5. The molecular weight excluding hydrogens is 252 g/mol. The van der Waals surface area contributed by atoms with E-state index in [-0.39, 0.29) is 18.9 Å². The van der Waals surface area contributed by atoms with Crippen LogP contribution in [0.1, 0.15) is 24.8 Å². The van der Waals surface area contributed by atoms with Crippen molar-refractivity contribution in [3.63, 3.8) is 0 Å². The Morgan fingerprint density at radius 1 is 1.56 bits per heavy atom. The monoisotopic (exact) mass is 264 g/mol. The SMILES string of the molecule is N#Cc1ccc(Cl)cc1OCCC(=O)NC1CC1. The minimum atomic E-state index is -0.0157. The van der Waals surface area contributed by atoms with E-state index in [0.29, 0.717) is 22.4 Å². The van der Waals surface area contributed by atoms with Crippen LogP contribution in [-0.2, 0) is 4.79 Å². The topological polar surface area (TPSA) is 62.1 Å². The van der Waals surface area contributed by atoms with E-state index in [9.17, 15) is 4.79 Å². The zero-order valence-electron chi connectivity index (χ0n) is 9.78. The first kappa shape index (κ1) is 12.7. The number of nitrogens with one attached hydrogen (secondary N) is 1. The predicted octanol–water partition coefficient (Wildman–Crippen LogP) is 2.26. The maximum atomic E-state index is 11.4. The van der Waals surface area contributed by atoms with E-state index in [0.717, 1.165) is 12.8 Å². The van der Waals surface area contributed by atoms with Crippen molar-refractivity contribution in [2.75, 3.05) is 6.61 Å². The summed E-state index contributed by atoms with van der Waals surface area (Å²) in [5, 5.41) is 12.3. The summed E-state index contributed by atoms with van der Waals surface area (Å²) in [4.78, 5) is 11.4. The molecule has 0 spiro atoms. The summed E-state index contributed by atoms with van der Waals surface area (Å²) in [5.41, 5.74) is 0.419. The molecule has 1 amide bonds. The van der Waals surface area contributed by atoms with Gasteiger partial charge in [-0.15, -0.1) is 0 Å². The Hall–Kier alpha value is -1.73. The Kier molecular flexibility index (Phi) is 4.06. The zero-order valence-corrected chi connectivity index (χ0v) is 10.5. The molecular formula is C13H13ClN2O2. The first-order valence-electron chi connectivity index (χ1n) is 5.81. The first-order valence-corrected chi connectivity index (χ1v) is 6.18. The van der Waals surface area contributed by atoms with Gasteiger partial charge < -0.3 is 10.1 Å². The van der Waals surface area contributed by atoms with Gasteiger partial charge in [-0.05, 0) is 25.0 Å². The molecule has 0 aromatic heterocycles. The normalized spacial score (nSPS) is 13.8. The Bertz CT molecular complexity index is 492. The molecule has 0 unspecified atom stereocenters. The highest BCUT2D eigenvalue weighted by Gasteiger charge is 2.22. The van der Waals surface area contributed by atoms with E-state index in [2.05, 4.69) is 5.32 Å². The third-order valence-corrected chi connectivity index (χ3v) is 2.83. The summed E-state index contributed by atoms with van der Waals surface area (Å²) in [7, 11) is 0. The van der Waals surface area contributed by atoms with Gasteiger partial charge in [0.25, 0.3) is 0 Å². The highest BCUT2D eigenvalue weighted by Crippen LogP contribution is 2.23. The van der Waals surface area contributed by atoms with Crippen LogP contribution in [0, 0.1) is 11.3 Å². The van der Waals surface area contributed by atoms with Crippen molar-refractivity contribution >= 4 is 17.5 Å². The summed E-state index contributed by atoms with van der Waals surface area (Å²) < 4.78 is 5.41. The largest absolute Gasteiger partial charge is 0.492 e. The standard InChI is InChI=1S/C13H13ClN2O2/c14-10-2-1-9(8-15)12(7-10)18-6-5-13(17)16-11-3-4-11/h1-2,7,11H,3-6H2,(H,16,17). The van der Waals surface area contributed by atoms with Crippen molar-refractivity contribution in [3.8, 4) is 11.8 Å².